The molecule has 4 aromatic heterocycles. The minimum atomic E-state index is 0.308. The molecule has 4 heterocycles. The first-order valence-electron chi connectivity index (χ1n) is 12.2. The van der Waals surface area contributed by atoms with Crippen LogP contribution in [0.5, 0.6) is 0 Å². The van der Waals surface area contributed by atoms with Gasteiger partial charge < -0.3 is 9.97 Å². The maximum absolute atomic E-state index is 4.95. The van der Waals surface area contributed by atoms with E-state index in [0.29, 0.717) is 5.92 Å². The molecule has 0 saturated carbocycles. The van der Waals surface area contributed by atoms with E-state index in [4.69, 9.17) is 4.98 Å². The highest BCUT2D eigenvalue weighted by molar-refractivity contribution is 7.22. The first-order chi connectivity index (χ1) is 17.6. The number of benzene rings is 3. The Morgan fingerprint density at radius 2 is 1.75 bits per heavy atom. The third kappa shape index (κ3) is 3.23. The molecular weight excluding hydrogens is 464 g/mol. The van der Waals surface area contributed by atoms with Crippen LogP contribution in [0.4, 0.5) is 0 Å². The van der Waals surface area contributed by atoms with Crippen molar-refractivity contribution >= 4 is 54.1 Å². The molecule has 36 heavy (non-hydrogen) atoms. The predicted molar refractivity (Wildman–Crippen MR) is 149 cm³/mol. The lowest BCUT2D eigenvalue weighted by atomic mass is 10.0. The molecule has 0 unspecified atom stereocenters. The van der Waals surface area contributed by atoms with E-state index < -0.39 is 0 Å². The summed E-state index contributed by atoms with van der Waals surface area (Å²) in [7, 11) is 0. The monoisotopic (exact) mass is 488 g/mol. The van der Waals surface area contributed by atoms with Crippen LogP contribution in [0.1, 0.15) is 38.3 Å². The van der Waals surface area contributed by atoms with Crippen molar-refractivity contribution in [3.05, 3.63) is 72.8 Å². The maximum Gasteiger partial charge on any atom is 0.116 e. The van der Waals surface area contributed by atoms with Crippen LogP contribution in [-0.4, -0.2) is 29.9 Å². The van der Waals surface area contributed by atoms with Crippen LogP contribution in [0, 0.1) is 0 Å². The number of thiophene rings is 1. The molecule has 0 amide bonds. The lowest BCUT2D eigenvalue weighted by Crippen LogP contribution is -1.88. The summed E-state index contributed by atoms with van der Waals surface area (Å²) in [4.78, 5) is 26.5. The smallest absolute Gasteiger partial charge is 0.116 e. The summed E-state index contributed by atoms with van der Waals surface area (Å²) in [6.07, 6.45) is 6.35. The SMILES string of the molecule is CCc1ncc(-c2ccc3cc(-c4ccc5c(c4)c4cncnc4c4[nH]c(C(C)C)nc54)sc3c2)[nH]1. The lowest BCUT2D eigenvalue weighted by Gasteiger charge is -2.07. The van der Waals surface area contributed by atoms with Crippen molar-refractivity contribution < 1.29 is 0 Å². The van der Waals surface area contributed by atoms with Gasteiger partial charge in [-0.15, -0.1) is 11.3 Å². The van der Waals surface area contributed by atoms with Crippen LogP contribution in [0.25, 0.3) is 64.5 Å². The highest BCUT2D eigenvalue weighted by Gasteiger charge is 2.17. The van der Waals surface area contributed by atoms with Gasteiger partial charge in [0.1, 0.15) is 18.0 Å². The Kier molecular flexibility index (Phi) is 4.69. The van der Waals surface area contributed by atoms with Crippen molar-refractivity contribution in [3.8, 4) is 21.7 Å². The number of H-pyrrole nitrogens is 2. The molecule has 3 aromatic carbocycles. The zero-order valence-corrected chi connectivity index (χ0v) is 21.1. The van der Waals surface area contributed by atoms with Crippen LogP contribution in [0.2, 0.25) is 0 Å². The molecular formula is C29H24N6S. The number of imidazole rings is 2. The number of nitrogens with one attached hydrogen (secondary N) is 2. The van der Waals surface area contributed by atoms with Gasteiger partial charge in [-0.1, -0.05) is 45.0 Å². The highest BCUT2D eigenvalue weighted by atomic mass is 32.1. The van der Waals surface area contributed by atoms with E-state index in [-0.39, 0.29) is 0 Å². The van der Waals surface area contributed by atoms with Gasteiger partial charge in [0.25, 0.3) is 0 Å². The molecule has 0 bridgehead atoms. The van der Waals surface area contributed by atoms with Gasteiger partial charge in [-0.2, -0.15) is 0 Å². The van der Waals surface area contributed by atoms with Gasteiger partial charge in [-0.3, -0.25) is 0 Å². The van der Waals surface area contributed by atoms with Crippen molar-refractivity contribution in [2.24, 2.45) is 0 Å². The van der Waals surface area contributed by atoms with E-state index >= 15 is 0 Å². The second kappa shape index (κ2) is 7.96. The normalized spacial score (nSPS) is 12.1. The largest absolute Gasteiger partial charge is 0.342 e. The Morgan fingerprint density at radius 3 is 2.58 bits per heavy atom. The molecule has 2 N–H and O–H groups in total. The highest BCUT2D eigenvalue weighted by Crippen LogP contribution is 2.39. The zero-order valence-electron chi connectivity index (χ0n) is 20.3. The van der Waals surface area contributed by atoms with Gasteiger partial charge >= 0.3 is 0 Å². The number of fused-ring (bicyclic) bond motifs is 7. The second-order valence-electron chi connectivity index (χ2n) is 9.51. The molecule has 0 aliphatic heterocycles. The van der Waals surface area contributed by atoms with Gasteiger partial charge in [-0.25, -0.2) is 19.9 Å². The summed E-state index contributed by atoms with van der Waals surface area (Å²) in [5.74, 6) is 2.29. The van der Waals surface area contributed by atoms with Gasteiger partial charge in [0.2, 0.25) is 0 Å². The predicted octanol–water partition coefficient (Wildman–Crippen LogP) is 7.62. The van der Waals surface area contributed by atoms with E-state index in [1.807, 2.05) is 23.7 Å². The fraction of sp³-hybridized carbons (Fsp3) is 0.172. The van der Waals surface area contributed by atoms with Crippen LogP contribution >= 0.6 is 11.3 Å². The molecule has 0 atom stereocenters. The molecule has 7 heteroatoms. The minimum Gasteiger partial charge on any atom is -0.342 e. The topological polar surface area (TPSA) is 83.1 Å². The Bertz CT molecular complexity index is 1920. The number of hydrogen-bond donors (Lipinski definition) is 2. The zero-order chi connectivity index (χ0) is 24.4. The maximum atomic E-state index is 4.95. The molecule has 0 saturated heterocycles. The Balaban J connectivity index is 1.40. The number of aromatic amines is 2. The van der Waals surface area contributed by atoms with Crippen LogP contribution in [0.3, 0.4) is 0 Å². The second-order valence-corrected chi connectivity index (χ2v) is 10.6. The molecule has 0 aliphatic carbocycles. The van der Waals surface area contributed by atoms with Crippen LogP contribution in [0.15, 0.2) is 61.2 Å². The summed E-state index contributed by atoms with van der Waals surface area (Å²) in [6.45, 7) is 6.41. The third-order valence-electron chi connectivity index (χ3n) is 6.86. The van der Waals surface area contributed by atoms with Crippen LogP contribution in [-0.2, 0) is 6.42 Å². The van der Waals surface area contributed by atoms with E-state index in [2.05, 4.69) is 88.2 Å². The van der Waals surface area contributed by atoms with Crippen molar-refractivity contribution in [2.75, 3.05) is 0 Å². The molecule has 0 radical (unpaired) electrons. The number of nitrogens with zero attached hydrogens (tertiary/aromatic N) is 4. The van der Waals surface area contributed by atoms with Gasteiger partial charge in [-0.05, 0) is 34.5 Å². The van der Waals surface area contributed by atoms with Gasteiger partial charge in [0.05, 0.1) is 28.4 Å². The standard InChI is InChI=1S/C29H24N6S/c1-4-25-31-13-22(33-25)16-5-6-18-11-24(36-23(18)10-16)17-7-8-19-20(9-17)21-12-30-14-32-26(21)28-27(19)34-29(35-28)15(2)3/h5-15H,4H2,1-3H3,(H,31,33)(H,34,35). The number of rotatable bonds is 4. The van der Waals surface area contributed by atoms with E-state index in [9.17, 15) is 0 Å². The van der Waals surface area contributed by atoms with Crippen molar-refractivity contribution in [3.63, 3.8) is 0 Å². The molecule has 0 spiro atoms. The average Bonchev–Trinajstić information content (AvgIpc) is 3.66. The van der Waals surface area contributed by atoms with Crippen molar-refractivity contribution in [1.29, 1.82) is 0 Å². The Labute approximate surface area is 211 Å². The van der Waals surface area contributed by atoms with E-state index in [0.717, 1.165) is 62.0 Å². The van der Waals surface area contributed by atoms with Crippen LogP contribution < -0.4 is 0 Å². The first-order valence-corrected chi connectivity index (χ1v) is 13.0. The average molecular weight is 489 g/mol. The van der Waals surface area contributed by atoms with E-state index in [1.54, 1.807) is 6.33 Å². The summed E-state index contributed by atoms with van der Waals surface area (Å²) in [5.41, 5.74) is 6.27. The van der Waals surface area contributed by atoms with Crippen molar-refractivity contribution in [1.82, 2.24) is 29.9 Å². The molecule has 176 valence electrons. The number of aromatic nitrogens is 6. The Morgan fingerprint density at radius 1 is 0.861 bits per heavy atom. The quantitative estimate of drug-likeness (QED) is 0.250. The molecule has 0 fully saturated rings. The van der Waals surface area contributed by atoms with Crippen molar-refractivity contribution in [2.45, 2.75) is 33.1 Å². The fourth-order valence-corrected chi connectivity index (χ4v) is 6.01. The Hall–Kier alpha value is -4.10. The summed E-state index contributed by atoms with van der Waals surface area (Å²) in [6, 6.07) is 15.5. The molecule has 7 aromatic rings. The van der Waals surface area contributed by atoms with Gasteiger partial charge in [0, 0.05) is 44.4 Å². The molecule has 0 aliphatic rings. The molecule has 6 nitrogen and oxygen atoms in total. The molecule has 7 rings (SSSR count). The summed E-state index contributed by atoms with van der Waals surface area (Å²) < 4.78 is 1.26. The van der Waals surface area contributed by atoms with Gasteiger partial charge in [0.15, 0.2) is 0 Å². The summed E-state index contributed by atoms with van der Waals surface area (Å²) >= 11 is 1.81. The number of hydrogen-bond acceptors (Lipinski definition) is 5. The first kappa shape index (κ1) is 21.2. The van der Waals surface area contributed by atoms with E-state index in [1.165, 1.54) is 20.5 Å². The third-order valence-corrected chi connectivity index (χ3v) is 8.01. The fourth-order valence-electron chi connectivity index (χ4n) is 4.91. The minimum absolute atomic E-state index is 0.308. The summed E-state index contributed by atoms with van der Waals surface area (Å²) in [5, 5.41) is 4.52. The number of aryl methyl sites for hydroxylation is 1. The lowest BCUT2D eigenvalue weighted by molar-refractivity contribution is 0.799.